The standard InChI is InChI=1S/C26H27N3O4/c1-28-15-19(20-6-3-4-7-22(20)28)16-29-13-5-12-26(17-29)27-25(31)21-14-18(8-10-23(21)33-26)9-11-24(30)32-2/h3-4,6-11,14-15H,5,12-13,16-17H2,1-2H3,(H,27,31)/b11-9+. The first-order valence-corrected chi connectivity index (χ1v) is 11.1. The minimum atomic E-state index is -0.740. The molecule has 7 nitrogen and oxygen atoms in total. The molecule has 2 aliphatic rings. The third kappa shape index (κ3) is 4.12. The Labute approximate surface area is 192 Å². The van der Waals surface area contributed by atoms with E-state index in [2.05, 4.69) is 57.0 Å². The van der Waals surface area contributed by atoms with Crippen molar-refractivity contribution < 1.29 is 19.1 Å². The predicted octanol–water partition coefficient (Wildman–Crippen LogP) is 3.48. The average molecular weight is 446 g/mol. The van der Waals surface area contributed by atoms with E-state index in [1.54, 1.807) is 18.2 Å². The van der Waals surface area contributed by atoms with Crippen LogP contribution in [0.3, 0.4) is 0 Å². The van der Waals surface area contributed by atoms with Crippen molar-refractivity contribution in [3.63, 3.8) is 0 Å². The zero-order chi connectivity index (χ0) is 23.0. The molecular weight excluding hydrogens is 418 g/mol. The number of nitrogens with zero attached hydrogens (tertiary/aromatic N) is 2. The molecule has 7 heteroatoms. The summed E-state index contributed by atoms with van der Waals surface area (Å²) in [6, 6.07) is 13.8. The summed E-state index contributed by atoms with van der Waals surface area (Å²) >= 11 is 0. The molecule has 1 spiro atoms. The minimum absolute atomic E-state index is 0.156. The number of rotatable bonds is 4. The van der Waals surface area contributed by atoms with E-state index >= 15 is 0 Å². The van der Waals surface area contributed by atoms with Gasteiger partial charge in [-0.2, -0.15) is 0 Å². The Morgan fingerprint density at radius 3 is 2.97 bits per heavy atom. The summed E-state index contributed by atoms with van der Waals surface area (Å²) in [7, 11) is 3.40. The number of methoxy groups -OCH3 is 1. The first-order valence-electron chi connectivity index (χ1n) is 11.1. The Hall–Kier alpha value is -3.58. The van der Waals surface area contributed by atoms with E-state index in [-0.39, 0.29) is 5.91 Å². The number of nitrogens with one attached hydrogen (secondary N) is 1. The minimum Gasteiger partial charge on any atom is -0.466 e. The lowest BCUT2D eigenvalue weighted by Gasteiger charge is -2.45. The van der Waals surface area contributed by atoms with Crippen LogP contribution in [0.1, 0.15) is 34.3 Å². The van der Waals surface area contributed by atoms with Crippen molar-refractivity contribution in [2.24, 2.45) is 7.05 Å². The van der Waals surface area contributed by atoms with E-state index < -0.39 is 11.7 Å². The lowest BCUT2D eigenvalue weighted by molar-refractivity contribution is -0.134. The summed E-state index contributed by atoms with van der Waals surface area (Å²) < 4.78 is 13.2. The molecular formula is C26H27N3O4. The molecule has 1 fully saturated rings. The van der Waals surface area contributed by atoms with Crippen LogP contribution in [-0.4, -0.2) is 47.3 Å². The fraction of sp³-hybridized carbons (Fsp3) is 0.308. The highest BCUT2D eigenvalue weighted by atomic mass is 16.5. The van der Waals surface area contributed by atoms with Gasteiger partial charge in [0.25, 0.3) is 5.91 Å². The maximum atomic E-state index is 13.0. The van der Waals surface area contributed by atoms with E-state index in [4.69, 9.17) is 4.74 Å². The smallest absolute Gasteiger partial charge is 0.330 e. The van der Waals surface area contributed by atoms with Crippen molar-refractivity contribution >= 4 is 28.9 Å². The SMILES string of the molecule is COC(=O)/C=C/c1ccc2c(c1)C(=O)NC1(CCCN(Cc3cn(C)c4ccccc34)C1)O2. The molecule has 3 heterocycles. The highest BCUT2D eigenvalue weighted by molar-refractivity contribution is 5.99. The second-order valence-electron chi connectivity index (χ2n) is 8.76. The molecule has 0 radical (unpaired) electrons. The Bertz CT molecular complexity index is 1260. The van der Waals surface area contributed by atoms with Gasteiger partial charge in [-0.1, -0.05) is 24.3 Å². The molecule has 0 bridgehead atoms. The highest BCUT2D eigenvalue weighted by Gasteiger charge is 2.43. The van der Waals surface area contributed by atoms with Gasteiger partial charge in [-0.3, -0.25) is 9.69 Å². The Morgan fingerprint density at radius 1 is 1.27 bits per heavy atom. The molecule has 0 aliphatic carbocycles. The van der Waals surface area contributed by atoms with E-state index in [0.717, 1.165) is 31.5 Å². The number of hydrogen-bond donors (Lipinski definition) is 1. The molecule has 1 saturated heterocycles. The van der Waals surface area contributed by atoms with Crippen molar-refractivity contribution in [3.05, 3.63) is 71.4 Å². The van der Waals surface area contributed by atoms with Crippen molar-refractivity contribution in [1.82, 2.24) is 14.8 Å². The van der Waals surface area contributed by atoms with Crippen molar-refractivity contribution in [3.8, 4) is 5.75 Å². The molecule has 1 unspecified atom stereocenters. The zero-order valence-electron chi connectivity index (χ0n) is 18.8. The van der Waals surface area contributed by atoms with Gasteiger partial charge in [0.05, 0.1) is 19.2 Å². The molecule has 2 aromatic carbocycles. The summed E-state index contributed by atoms with van der Waals surface area (Å²) in [5.41, 5.74) is 2.95. The summed E-state index contributed by atoms with van der Waals surface area (Å²) in [6.45, 7) is 2.37. The van der Waals surface area contributed by atoms with E-state index in [1.165, 1.54) is 29.7 Å². The van der Waals surface area contributed by atoms with Gasteiger partial charge in [-0.25, -0.2) is 4.79 Å². The Balaban J connectivity index is 1.35. The lowest BCUT2D eigenvalue weighted by Crippen LogP contribution is -2.63. The Kier molecular flexibility index (Phi) is 5.42. The second-order valence-corrected chi connectivity index (χ2v) is 8.76. The number of likely N-dealkylation sites (tertiary alicyclic amines) is 1. The number of carbonyl (C=O) groups is 2. The summed E-state index contributed by atoms with van der Waals surface area (Å²) in [6.07, 6.45) is 6.83. The number of hydrogen-bond acceptors (Lipinski definition) is 5. The molecule has 3 aromatic rings. The first kappa shape index (κ1) is 21.3. The normalized spacial score (nSPS) is 20.6. The molecule has 170 valence electrons. The van der Waals surface area contributed by atoms with E-state index in [0.29, 0.717) is 17.9 Å². The molecule has 1 atom stereocenters. The molecule has 5 rings (SSSR count). The van der Waals surface area contributed by atoms with Gasteiger partial charge >= 0.3 is 5.97 Å². The van der Waals surface area contributed by atoms with Crippen molar-refractivity contribution in [2.75, 3.05) is 20.2 Å². The molecule has 1 aromatic heterocycles. The first-order chi connectivity index (χ1) is 16.0. The van der Waals surface area contributed by atoms with Crippen molar-refractivity contribution in [2.45, 2.75) is 25.1 Å². The quantitative estimate of drug-likeness (QED) is 0.492. The van der Waals surface area contributed by atoms with E-state index in [9.17, 15) is 9.59 Å². The molecule has 33 heavy (non-hydrogen) atoms. The van der Waals surface area contributed by atoms with Crippen LogP contribution in [0.4, 0.5) is 0 Å². The number of carbonyl (C=O) groups excluding carboxylic acids is 2. The molecule has 2 aliphatic heterocycles. The van der Waals surface area contributed by atoms with Crippen LogP contribution in [0.2, 0.25) is 0 Å². The van der Waals surface area contributed by atoms with Crippen LogP contribution in [0.15, 0.2) is 54.7 Å². The number of esters is 1. The van der Waals surface area contributed by atoms with Crippen LogP contribution < -0.4 is 10.1 Å². The van der Waals surface area contributed by atoms with Crippen LogP contribution in [0.5, 0.6) is 5.75 Å². The lowest BCUT2D eigenvalue weighted by atomic mass is 9.96. The van der Waals surface area contributed by atoms with Crippen molar-refractivity contribution in [1.29, 1.82) is 0 Å². The molecule has 0 saturated carbocycles. The third-order valence-corrected chi connectivity index (χ3v) is 6.42. The van der Waals surface area contributed by atoms with Crippen LogP contribution in [0, 0.1) is 0 Å². The Morgan fingerprint density at radius 2 is 2.12 bits per heavy atom. The zero-order valence-corrected chi connectivity index (χ0v) is 18.8. The van der Waals surface area contributed by atoms with Crippen LogP contribution >= 0.6 is 0 Å². The fourth-order valence-corrected chi connectivity index (χ4v) is 4.88. The van der Waals surface area contributed by atoms with Gasteiger partial charge in [0.2, 0.25) is 0 Å². The van der Waals surface area contributed by atoms with Gasteiger partial charge in [-0.15, -0.1) is 0 Å². The van der Waals surface area contributed by atoms with Gasteiger partial charge in [0.15, 0.2) is 5.72 Å². The van der Waals surface area contributed by atoms with Crippen LogP contribution in [0.25, 0.3) is 17.0 Å². The number of amides is 1. The number of para-hydroxylation sites is 1. The second kappa shape index (κ2) is 8.41. The number of piperidine rings is 1. The number of aromatic nitrogens is 1. The van der Waals surface area contributed by atoms with Gasteiger partial charge in [0.1, 0.15) is 5.75 Å². The van der Waals surface area contributed by atoms with Crippen LogP contribution in [-0.2, 0) is 23.1 Å². The van der Waals surface area contributed by atoms with Gasteiger partial charge in [-0.05, 0) is 48.4 Å². The third-order valence-electron chi connectivity index (χ3n) is 6.42. The largest absolute Gasteiger partial charge is 0.466 e. The maximum Gasteiger partial charge on any atom is 0.330 e. The number of benzene rings is 2. The summed E-state index contributed by atoms with van der Waals surface area (Å²) in [5.74, 6) is -0.0292. The monoisotopic (exact) mass is 445 g/mol. The summed E-state index contributed by atoms with van der Waals surface area (Å²) in [4.78, 5) is 26.7. The fourth-order valence-electron chi connectivity index (χ4n) is 4.88. The molecule has 1 N–H and O–H groups in total. The maximum absolute atomic E-state index is 13.0. The topological polar surface area (TPSA) is 72.8 Å². The predicted molar refractivity (Wildman–Crippen MR) is 126 cm³/mol. The summed E-state index contributed by atoms with van der Waals surface area (Å²) in [5, 5.41) is 4.38. The number of aryl methyl sites for hydroxylation is 1. The highest BCUT2D eigenvalue weighted by Crippen LogP contribution is 2.34. The number of fused-ring (bicyclic) bond motifs is 2. The average Bonchev–Trinajstić information content (AvgIpc) is 3.13. The van der Waals surface area contributed by atoms with Gasteiger partial charge in [0, 0.05) is 43.2 Å². The van der Waals surface area contributed by atoms with E-state index in [1.807, 2.05) is 6.07 Å². The van der Waals surface area contributed by atoms with Gasteiger partial charge < -0.3 is 19.4 Å². The number of ether oxygens (including phenoxy) is 2. The molecule has 1 amide bonds.